The number of ketones is 1. The number of fused-ring (bicyclic) bond motifs is 5. The van der Waals surface area contributed by atoms with Crippen LogP contribution in [0.1, 0.15) is 131 Å². The van der Waals surface area contributed by atoms with Gasteiger partial charge in [0.05, 0.1) is 36.0 Å². The summed E-state index contributed by atoms with van der Waals surface area (Å²) in [5.74, 6) is -7.43. The van der Waals surface area contributed by atoms with Crippen LogP contribution in [0.15, 0.2) is 71.8 Å². The minimum absolute atomic E-state index is 0.00947. The highest BCUT2D eigenvalue weighted by molar-refractivity contribution is 5.95. The molecule has 2 bridgehead atoms. The van der Waals surface area contributed by atoms with Crippen molar-refractivity contribution in [3.63, 3.8) is 0 Å². The van der Waals surface area contributed by atoms with Gasteiger partial charge in [0, 0.05) is 38.5 Å². The van der Waals surface area contributed by atoms with Gasteiger partial charge in [-0.3, -0.25) is 24.0 Å². The Morgan fingerprint density at radius 3 is 1.96 bits per heavy atom. The summed E-state index contributed by atoms with van der Waals surface area (Å²) in [6.07, 6.45) is -10.5. The van der Waals surface area contributed by atoms with Crippen LogP contribution in [-0.4, -0.2) is 106 Å². The quantitative estimate of drug-likeness (QED) is 0.129. The third kappa shape index (κ3) is 9.86. The van der Waals surface area contributed by atoms with Crippen molar-refractivity contribution in [2.24, 2.45) is 27.6 Å². The molecule has 1 heterocycles. The highest BCUT2D eigenvalue weighted by Crippen LogP contribution is 2.64. The van der Waals surface area contributed by atoms with E-state index in [1.165, 1.54) is 19.1 Å². The van der Waals surface area contributed by atoms with Crippen molar-refractivity contribution in [3.05, 3.63) is 82.9 Å². The lowest BCUT2D eigenvalue weighted by Crippen LogP contribution is -2.82. The molecule has 3 aliphatic carbocycles. The fourth-order valence-corrected chi connectivity index (χ4v) is 10.8. The number of carbonyl (C=O) groups excluding carboxylic acids is 7. The molecule has 16 heteroatoms. The number of carbonyl (C=O) groups is 7. The number of hydrogen-bond donors (Lipinski definition) is 3. The Balaban J connectivity index is 1.58. The van der Waals surface area contributed by atoms with Crippen LogP contribution in [0.4, 0.5) is 0 Å². The van der Waals surface area contributed by atoms with Crippen molar-refractivity contribution in [2.45, 2.75) is 163 Å². The van der Waals surface area contributed by atoms with Gasteiger partial charge in [0.25, 0.3) is 0 Å². The molecule has 1 amide bonds. The highest BCUT2D eigenvalue weighted by Gasteiger charge is 2.78. The van der Waals surface area contributed by atoms with Gasteiger partial charge < -0.3 is 44.0 Å². The number of nitrogens with one attached hydrogen (secondary N) is 1. The van der Waals surface area contributed by atoms with Crippen LogP contribution >= 0.6 is 0 Å². The van der Waals surface area contributed by atoms with E-state index < -0.39 is 129 Å². The summed E-state index contributed by atoms with van der Waals surface area (Å²) in [6, 6.07) is 15.0. The molecule has 6 rings (SSSR count). The van der Waals surface area contributed by atoms with Crippen molar-refractivity contribution in [2.75, 3.05) is 6.61 Å². The second-order valence-electron chi connectivity index (χ2n) is 22.0. The smallest absolute Gasteiger partial charge is 0.350 e. The van der Waals surface area contributed by atoms with Crippen LogP contribution in [0.3, 0.4) is 0 Å². The molecule has 370 valence electrons. The van der Waals surface area contributed by atoms with Crippen molar-refractivity contribution < 1.29 is 72.2 Å². The summed E-state index contributed by atoms with van der Waals surface area (Å²) < 4.78 is 36.8. The van der Waals surface area contributed by atoms with E-state index in [1.807, 2.05) is 41.5 Å². The maximum atomic E-state index is 15.7. The summed E-state index contributed by atoms with van der Waals surface area (Å²) in [5, 5.41) is 29.0. The Labute approximate surface area is 397 Å². The standard InChI is InChI=1S/C52H67NO15/c1-28-33(65-46(61)41(66-37(58)26-48(7,8)9)39(31-19-15-13-16-20-31)53-36(57)25-47(4,5)6)24-52(62)44(67-45(60)32-21-17-14-18-22-32)42-50(12,34(56)23-35-51(42,27-63-35)68-30(3)55)43(59)40(64-29(2)54)38(28)49(52,10)11/h13-22,33-35,39-42,44,56,62H,23-27H2,1-12H3,(H,53,57)/t33?,34-,35?,39-,40+,41?,42?,44?,50+,51-,52+/m0/s1. The minimum Gasteiger partial charge on any atom is -0.455 e. The van der Waals surface area contributed by atoms with Crippen molar-refractivity contribution in [1.82, 2.24) is 5.32 Å². The molecule has 11 atom stereocenters. The molecular weight excluding hydrogens is 879 g/mol. The zero-order valence-corrected chi connectivity index (χ0v) is 41.1. The van der Waals surface area contributed by atoms with Crippen LogP contribution in [0.2, 0.25) is 0 Å². The molecule has 2 saturated carbocycles. The van der Waals surface area contributed by atoms with Gasteiger partial charge in [-0.15, -0.1) is 0 Å². The fourth-order valence-electron chi connectivity index (χ4n) is 10.8. The Morgan fingerprint density at radius 2 is 1.43 bits per heavy atom. The van der Waals surface area contributed by atoms with Crippen LogP contribution in [0.25, 0.3) is 0 Å². The van der Waals surface area contributed by atoms with Crippen LogP contribution in [-0.2, 0) is 57.2 Å². The first-order chi connectivity index (χ1) is 31.5. The first kappa shape index (κ1) is 51.9. The number of hydrogen-bond acceptors (Lipinski definition) is 15. The summed E-state index contributed by atoms with van der Waals surface area (Å²) in [6.45, 7) is 19.0. The molecule has 4 aliphatic rings. The third-order valence-electron chi connectivity index (χ3n) is 14.1. The van der Waals surface area contributed by atoms with E-state index in [0.29, 0.717) is 5.56 Å². The average Bonchev–Trinajstić information content (AvgIpc) is 3.22. The molecule has 0 radical (unpaired) electrons. The van der Waals surface area contributed by atoms with Gasteiger partial charge in [-0.1, -0.05) is 104 Å². The molecule has 68 heavy (non-hydrogen) atoms. The third-order valence-corrected chi connectivity index (χ3v) is 14.1. The van der Waals surface area contributed by atoms with E-state index in [2.05, 4.69) is 5.32 Å². The Morgan fingerprint density at radius 1 is 0.838 bits per heavy atom. The summed E-state index contributed by atoms with van der Waals surface area (Å²) in [7, 11) is 0. The van der Waals surface area contributed by atoms with Gasteiger partial charge in [0.2, 0.25) is 12.0 Å². The Kier molecular flexibility index (Phi) is 14.4. The van der Waals surface area contributed by atoms with E-state index in [9.17, 15) is 34.2 Å². The number of Topliss-reactive ketones (excluding diaryl/α,β-unsaturated/α-hetero) is 1. The molecule has 5 unspecified atom stereocenters. The monoisotopic (exact) mass is 945 g/mol. The molecule has 1 aliphatic heterocycles. The molecule has 2 aromatic rings. The number of esters is 5. The number of aliphatic hydroxyl groups excluding tert-OH is 1. The predicted molar refractivity (Wildman–Crippen MR) is 244 cm³/mol. The molecular formula is C52H67NO15. The average molecular weight is 946 g/mol. The first-order valence-electron chi connectivity index (χ1n) is 23.1. The van der Waals surface area contributed by atoms with E-state index in [-0.39, 0.29) is 42.6 Å². The Hall–Kier alpha value is -5.45. The zero-order chi connectivity index (χ0) is 50.5. The molecule has 2 aromatic carbocycles. The van der Waals surface area contributed by atoms with Gasteiger partial charge in [-0.25, -0.2) is 9.59 Å². The number of aliphatic hydroxyl groups is 2. The van der Waals surface area contributed by atoms with Gasteiger partial charge in [0.1, 0.15) is 30.0 Å². The van der Waals surface area contributed by atoms with Gasteiger partial charge >= 0.3 is 29.8 Å². The van der Waals surface area contributed by atoms with E-state index in [1.54, 1.807) is 69.3 Å². The van der Waals surface area contributed by atoms with E-state index >= 15 is 9.59 Å². The predicted octanol–water partition coefficient (Wildman–Crippen LogP) is 5.85. The second kappa shape index (κ2) is 18.8. The number of rotatable bonds is 12. The van der Waals surface area contributed by atoms with Gasteiger partial charge in [-0.05, 0) is 53.5 Å². The largest absolute Gasteiger partial charge is 0.455 e. The van der Waals surface area contributed by atoms with E-state index in [4.69, 9.17) is 28.4 Å². The molecule has 3 fully saturated rings. The Bertz CT molecular complexity index is 2330. The zero-order valence-electron chi connectivity index (χ0n) is 41.1. The normalized spacial score (nSPS) is 30.6. The molecule has 0 spiro atoms. The van der Waals surface area contributed by atoms with Gasteiger partial charge in [-0.2, -0.15) is 0 Å². The lowest BCUT2D eigenvalue weighted by molar-refractivity contribution is -0.346. The second-order valence-corrected chi connectivity index (χ2v) is 22.0. The maximum Gasteiger partial charge on any atom is 0.350 e. The SMILES string of the molecule is CC(=O)O[C@H]1C(=O)[C@@]2(C)C(C(OC(=O)c3ccccc3)[C@]3(O)CC(OC(=O)C(OC(=O)CC(C)(C)C)[C@@H](NC(=O)CC(C)(C)C)c4ccccc4)C(C)=C1C3(C)C)[C@]1(OC(C)=O)COC1C[C@@H]2O. The lowest BCUT2D eigenvalue weighted by Gasteiger charge is -2.67. The van der Waals surface area contributed by atoms with Crippen LogP contribution in [0.5, 0.6) is 0 Å². The lowest BCUT2D eigenvalue weighted by atomic mass is 9.44. The van der Waals surface area contributed by atoms with Crippen LogP contribution in [0, 0.1) is 27.6 Å². The van der Waals surface area contributed by atoms with Crippen molar-refractivity contribution >= 4 is 41.5 Å². The number of benzene rings is 2. The molecule has 1 saturated heterocycles. The number of ether oxygens (including phenoxy) is 6. The summed E-state index contributed by atoms with van der Waals surface area (Å²) in [5.41, 5.74) is -8.43. The summed E-state index contributed by atoms with van der Waals surface area (Å²) >= 11 is 0. The summed E-state index contributed by atoms with van der Waals surface area (Å²) in [4.78, 5) is 99.0. The minimum atomic E-state index is -2.43. The van der Waals surface area contributed by atoms with Crippen molar-refractivity contribution in [3.8, 4) is 0 Å². The molecule has 0 aromatic heterocycles. The molecule has 3 N–H and O–H groups in total. The van der Waals surface area contributed by atoms with Crippen molar-refractivity contribution in [1.29, 1.82) is 0 Å². The van der Waals surface area contributed by atoms with E-state index in [0.717, 1.165) is 13.8 Å². The number of amides is 1. The highest BCUT2D eigenvalue weighted by atomic mass is 16.6. The molecule has 16 nitrogen and oxygen atoms in total. The van der Waals surface area contributed by atoms with Crippen LogP contribution < -0.4 is 5.32 Å². The fraction of sp³-hybridized carbons (Fsp3) is 0.596. The maximum absolute atomic E-state index is 15.7. The van der Waals surface area contributed by atoms with Gasteiger partial charge in [0.15, 0.2) is 17.5 Å². The topological polar surface area (TPSA) is 227 Å². The first-order valence-corrected chi connectivity index (χ1v) is 23.1.